The third-order valence-electron chi connectivity index (χ3n) is 5.10. The van der Waals surface area contributed by atoms with E-state index in [-0.39, 0.29) is 36.1 Å². The van der Waals surface area contributed by atoms with Gasteiger partial charge in [0.05, 0.1) is 11.8 Å². The lowest BCUT2D eigenvalue weighted by Gasteiger charge is -2.38. The molecule has 1 fully saturated rings. The Morgan fingerprint density at radius 3 is 2.20 bits per heavy atom. The molecule has 1 aliphatic heterocycles. The van der Waals surface area contributed by atoms with E-state index in [2.05, 4.69) is 0 Å². The van der Waals surface area contributed by atoms with Crippen LogP contribution >= 0.6 is 0 Å². The summed E-state index contributed by atoms with van der Waals surface area (Å²) in [6.45, 7) is 7.79. The van der Waals surface area contributed by atoms with Crippen molar-refractivity contribution in [1.82, 2.24) is 4.90 Å². The minimum atomic E-state index is -0.839. The number of benzene rings is 1. The van der Waals surface area contributed by atoms with Gasteiger partial charge in [0.25, 0.3) is 0 Å². The van der Waals surface area contributed by atoms with Crippen LogP contribution in [0.25, 0.3) is 0 Å². The largest absolute Gasteiger partial charge is 0.481 e. The molecule has 1 aromatic carbocycles. The van der Waals surface area contributed by atoms with Crippen molar-refractivity contribution in [2.75, 3.05) is 6.54 Å². The van der Waals surface area contributed by atoms with Gasteiger partial charge in [-0.05, 0) is 32.3 Å². The van der Waals surface area contributed by atoms with Crippen LogP contribution in [-0.4, -0.2) is 40.3 Å². The summed E-state index contributed by atoms with van der Waals surface area (Å²) in [4.78, 5) is 37.8. The average molecular weight is 345 g/mol. The van der Waals surface area contributed by atoms with Crippen molar-refractivity contribution in [2.45, 2.75) is 52.5 Å². The fourth-order valence-corrected chi connectivity index (χ4v) is 3.28. The van der Waals surface area contributed by atoms with Gasteiger partial charge in [0.1, 0.15) is 0 Å². The fraction of sp³-hybridized carbons (Fsp3) is 0.550. The first kappa shape index (κ1) is 19.2. The van der Waals surface area contributed by atoms with E-state index in [1.54, 1.807) is 17.0 Å². The second-order valence-corrected chi connectivity index (χ2v) is 7.31. The highest BCUT2D eigenvalue weighted by atomic mass is 16.4. The normalized spacial score (nSPS) is 21.9. The van der Waals surface area contributed by atoms with Gasteiger partial charge in [0.15, 0.2) is 5.78 Å². The Bertz CT molecular complexity index is 650. The van der Waals surface area contributed by atoms with E-state index in [4.69, 9.17) is 0 Å². The van der Waals surface area contributed by atoms with Gasteiger partial charge >= 0.3 is 5.97 Å². The SMILES string of the molecule is CC(C)C(=O)c1ccc(C(C)C(=O)N2CC(C(=O)O)CCC2C)cc1. The molecule has 3 atom stereocenters. The van der Waals surface area contributed by atoms with Crippen molar-refractivity contribution < 1.29 is 19.5 Å². The first-order valence-electron chi connectivity index (χ1n) is 8.89. The minimum Gasteiger partial charge on any atom is -0.481 e. The molecule has 2 rings (SSSR count). The highest BCUT2D eigenvalue weighted by molar-refractivity contribution is 5.97. The van der Waals surface area contributed by atoms with Gasteiger partial charge in [-0.3, -0.25) is 14.4 Å². The molecule has 1 aromatic rings. The molecule has 0 aliphatic carbocycles. The number of piperidine rings is 1. The Balaban J connectivity index is 2.13. The molecule has 3 unspecified atom stereocenters. The number of carboxylic acid groups (broad SMARTS) is 1. The van der Waals surface area contributed by atoms with Gasteiger partial charge in [-0.1, -0.05) is 38.1 Å². The summed E-state index contributed by atoms with van der Waals surface area (Å²) in [5, 5.41) is 9.24. The number of carbonyl (C=O) groups excluding carboxylic acids is 2. The number of carbonyl (C=O) groups is 3. The van der Waals surface area contributed by atoms with E-state index >= 15 is 0 Å². The van der Waals surface area contributed by atoms with Crippen molar-refractivity contribution in [3.63, 3.8) is 0 Å². The van der Waals surface area contributed by atoms with Crippen LogP contribution in [0.15, 0.2) is 24.3 Å². The topological polar surface area (TPSA) is 74.7 Å². The maximum Gasteiger partial charge on any atom is 0.308 e. The highest BCUT2D eigenvalue weighted by Gasteiger charge is 2.34. The predicted octanol–water partition coefficient (Wildman–Crippen LogP) is 3.34. The monoisotopic (exact) mass is 345 g/mol. The molecule has 5 heteroatoms. The molecule has 0 aromatic heterocycles. The molecule has 1 heterocycles. The third kappa shape index (κ3) is 4.27. The number of likely N-dealkylation sites (tertiary alicyclic amines) is 1. The molecule has 0 saturated carbocycles. The van der Waals surface area contributed by atoms with Crippen molar-refractivity contribution in [1.29, 1.82) is 0 Å². The second-order valence-electron chi connectivity index (χ2n) is 7.31. The zero-order chi connectivity index (χ0) is 18.7. The van der Waals surface area contributed by atoms with Gasteiger partial charge < -0.3 is 10.0 Å². The van der Waals surface area contributed by atoms with Crippen molar-refractivity contribution in [2.24, 2.45) is 11.8 Å². The molecular weight excluding hydrogens is 318 g/mol. The Labute approximate surface area is 149 Å². The molecule has 0 spiro atoms. The van der Waals surface area contributed by atoms with Crippen molar-refractivity contribution in [3.8, 4) is 0 Å². The minimum absolute atomic E-state index is 0.0485. The molecule has 1 saturated heterocycles. The van der Waals surface area contributed by atoms with E-state index in [1.165, 1.54) is 0 Å². The van der Waals surface area contributed by atoms with Crippen LogP contribution < -0.4 is 0 Å². The van der Waals surface area contributed by atoms with Gasteiger partial charge in [-0.25, -0.2) is 0 Å². The zero-order valence-electron chi connectivity index (χ0n) is 15.4. The van der Waals surface area contributed by atoms with Crippen LogP contribution in [0.3, 0.4) is 0 Å². The smallest absolute Gasteiger partial charge is 0.308 e. The number of hydrogen-bond donors (Lipinski definition) is 1. The van der Waals surface area contributed by atoms with Gasteiger partial charge in [0.2, 0.25) is 5.91 Å². The molecule has 136 valence electrons. The number of Topliss-reactive ketones (excluding diaryl/α,β-unsaturated/α-hetero) is 1. The molecule has 0 bridgehead atoms. The summed E-state index contributed by atoms with van der Waals surface area (Å²) in [5.41, 5.74) is 1.49. The van der Waals surface area contributed by atoms with Crippen LogP contribution in [0.5, 0.6) is 0 Å². The second kappa shape index (κ2) is 7.81. The molecule has 25 heavy (non-hydrogen) atoms. The Kier molecular flexibility index (Phi) is 5.98. The van der Waals surface area contributed by atoms with Gasteiger partial charge in [0, 0.05) is 24.1 Å². The molecule has 5 nitrogen and oxygen atoms in total. The number of nitrogens with zero attached hydrogens (tertiary/aromatic N) is 1. The number of hydrogen-bond acceptors (Lipinski definition) is 3. The first-order valence-corrected chi connectivity index (χ1v) is 8.89. The lowest BCUT2D eigenvalue weighted by atomic mass is 9.90. The average Bonchev–Trinajstić information content (AvgIpc) is 2.60. The van der Waals surface area contributed by atoms with Gasteiger partial charge in [-0.15, -0.1) is 0 Å². The Morgan fingerprint density at radius 1 is 1.08 bits per heavy atom. The van der Waals surface area contributed by atoms with Crippen LogP contribution in [0.1, 0.15) is 62.4 Å². The fourth-order valence-electron chi connectivity index (χ4n) is 3.28. The van der Waals surface area contributed by atoms with E-state index in [0.29, 0.717) is 18.4 Å². The maximum atomic E-state index is 12.9. The summed E-state index contributed by atoms with van der Waals surface area (Å²) in [6.07, 6.45) is 1.32. The zero-order valence-corrected chi connectivity index (χ0v) is 15.4. The van der Waals surface area contributed by atoms with E-state index < -0.39 is 11.9 Å². The molecule has 1 N–H and O–H groups in total. The van der Waals surface area contributed by atoms with Gasteiger partial charge in [-0.2, -0.15) is 0 Å². The predicted molar refractivity (Wildman–Crippen MR) is 95.6 cm³/mol. The molecule has 0 radical (unpaired) electrons. The number of rotatable bonds is 5. The van der Waals surface area contributed by atoms with Crippen LogP contribution in [-0.2, 0) is 9.59 Å². The third-order valence-corrected chi connectivity index (χ3v) is 5.10. The van der Waals surface area contributed by atoms with E-state index in [1.807, 2.05) is 39.8 Å². The molecule has 1 amide bonds. The molecule has 1 aliphatic rings. The maximum absolute atomic E-state index is 12.9. The summed E-state index contributed by atoms with van der Waals surface area (Å²) in [7, 11) is 0. The summed E-state index contributed by atoms with van der Waals surface area (Å²) in [5.74, 6) is -1.72. The lowest BCUT2D eigenvalue weighted by Crippen LogP contribution is -2.48. The number of aliphatic carboxylic acids is 1. The summed E-state index contributed by atoms with van der Waals surface area (Å²) in [6, 6.07) is 7.22. The number of amides is 1. The van der Waals surface area contributed by atoms with E-state index in [9.17, 15) is 19.5 Å². The number of carboxylic acids is 1. The number of ketones is 1. The van der Waals surface area contributed by atoms with Crippen LogP contribution in [0.4, 0.5) is 0 Å². The summed E-state index contributed by atoms with van der Waals surface area (Å²) < 4.78 is 0. The van der Waals surface area contributed by atoms with E-state index in [0.717, 1.165) is 5.56 Å². The van der Waals surface area contributed by atoms with Crippen LogP contribution in [0, 0.1) is 11.8 Å². The Hall–Kier alpha value is -2.17. The first-order chi connectivity index (χ1) is 11.7. The highest BCUT2D eigenvalue weighted by Crippen LogP contribution is 2.27. The van der Waals surface area contributed by atoms with Crippen LogP contribution in [0.2, 0.25) is 0 Å². The summed E-state index contributed by atoms with van der Waals surface area (Å²) >= 11 is 0. The Morgan fingerprint density at radius 2 is 1.68 bits per heavy atom. The molecular formula is C20H27NO4. The van der Waals surface area contributed by atoms with Crippen molar-refractivity contribution in [3.05, 3.63) is 35.4 Å². The quantitative estimate of drug-likeness (QED) is 0.831. The van der Waals surface area contributed by atoms with Crippen molar-refractivity contribution >= 4 is 17.7 Å². The lowest BCUT2D eigenvalue weighted by molar-refractivity contribution is -0.147. The standard InChI is InChI=1S/C20H27NO4/c1-12(2)18(22)16-9-7-15(8-10-16)14(4)19(23)21-11-17(20(24)25)6-5-13(21)3/h7-10,12-14,17H,5-6,11H2,1-4H3,(H,24,25).